The largest absolute Gasteiger partial charge is 0.341 e. The normalized spacial score (nSPS) is 20.6. The number of piperidine rings is 1. The fourth-order valence-corrected chi connectivity index (χ4v) is 3.75. The molecule has 1 aromatic carbocycles. The Morgan fingerprint density at radius 3 is 2.62 bits per heavy atom. The summed E-state index contributed by atoms with van der Waals surface area (Å²) in [6.07, 6.45) is 1.54. The Kier molecular flexibility index (Phi) is 3.46. The molecule has 1 fully saturated rings. The van der Waals surface area contributed by atoms with Crippen LogP contribution in [0.3, 0.4) is 0 Å². The zero-order chi connectivity index (χ0) is 16.9. The maximum atomic E-state index is 12.2. The van der Waals surface area contributed by atoms with Gasteiger partial charge in [0.15, 0.2) is 0 Å². The number of rotatable bonds is 2. The molecule has 1 saturated heterocycles. The quantitative estimate of drug-likeness (QED) is 0.888. The molecule has 0 unspecified atom stereocenters. The summed E-state index contributed by atoms with van der Waals surface area (Å²) < 4.78 is 0. The molecule has 6 heteroatoms. The van der Waals surface area contributed by atoms with Gasteiger partial charge in [0.25, 0.3) is 5.91 Å². The van der Waals surface area contributed by atoms with Crippen molar-refractivity contribution >= 4 is 22.8 Å². The van der Waals surface area contributed by atoms with E-state index in [9.17, 15) is 4.79 Å². The van der Waals surface area contributed by atoms with E-state index in [-0.39, 0.29) is 5.91 Å². The molecule has 3 heterocycles. The summed E-state index contributed by atoms with van der Waals surface area (Å²) in [7, 11) is 0. The summed E-state index contributed by atoms with van der Waals surface area (Å²) in [5.74, 6) is 1.80. The van der Waals surface area contributed by atoms with E-state index in [1.54, 1.807) is 0 Å². The first-order valence-corrected chi connectivity index (χ1v) is 8.52. The fourth-order valence-electron chi connectivity index (χ4n) is 3.75. The van der Waals surface area contributed by atoms with Crippen LogP contribution in [0.2, 0.25) is 0 Å². The van der Waals surface area contributed by atoms with Crippen molar-refractivity contribution in [2.75, 3.05) is 13.1 Å². The third-order valence-electron chi connectivity index (χ3n) is 5.38. The molecule has 126 valence electrons. The van der Waals surface area contributed by atoms with Gasteiger partial charge in [-0.15, -0.1) is 0 Å². The maximum Gasteiger partial charge on any atom is 0.253 e. The Morgan fingerprint density at radius 1 is 1.21 bits per heavy atom. The van der Waals surface area contributed by atoms with Gasteiger partial charge in [-0.2, -0.15) is 0 Å². The van der Waals surface area contributed by atoms with Crippen molar-refractivity contribution in [3.05, 3.63) is 29.1 Å². The predicted molar refractivity (Wildman–Crippen MR) is 94.1 cm³/mol. The number of amides is 1. The number of nitrogens with zero attached hydrogens (tertiary/aromatic N) is 3. The number of nitrogens with one attached hydrogen (secondary N) is 2. The molecule has 2 aliphatic heterocycles. The monoisotopic (exact) mass is 325 g/mol. The van der Waals surface area contributed by atoms with Gasteiger partial charge in [0.1, 0.15) is 17.2 Å². The van der Waals surface area contributed by atoms with Gasteiger partial charge >= 0.3 is 0 Å². The topological polar surface area (TPSA) is 73.4 Å². The summed E-state index contributed by atoms with van der Waals surface area (Å²) in [6.45, 7) is 8.60. The van der Waals surface area contributed by atoms with Crippen LogP contribution >= 0.6 is 0 Å². The second-order valence-corrected chi connectivity index (χ2v) is 7.05. The number of benzene rings is 1. The highest BCUT2D eigenvalue weighted by atomic mass is 16.2. The third-order valence-corrected chi connectivity index (χ3v) is 5.38. The molecule has 0 bridgehead atoms. The van der Waals surface area contributed by atoms with Crippen LogP contribution in [0.4, 0.5) is 0 Å². The number of aryl methyl sites for hydroxylation is 2. The lowest BCUT2D eigenvalue weighted by Gasteiger charge is -2.35. The molecule has 0 aliphatic carbocycles. The number of amidine groups is 1. The molecule has 4 rings (SSSR count). The van der Waals surface area contributed by atoms with E-state index in [1.165, 1.54) is 11.1 Å². The number of fused-ring (bicyclic) bond motifs is 1. The van der Waals surface area contributed by atoms with Crippen LogP contribution < -0.4 is 5.32 Å². The molecule has 1 amide bonds. The van der Waals surface area contributed by atoms with Gasteiger partial charge < -0.3 is 10.3 Å². The molecule has 24 heavy (non-hydrogen) atoms. The standard InChI is InChI=1S/C18H23N5O/c1-11-4-5-14-16(12(11)2)21-15(20-14)10-23-8-6-18(7-9-23)17(24)19-13(3)22-18/h4-5H,6-10H2,1-3H3,(H,20,21)(H,19,22,24). The van der Waals surface area contributed by atoms with Gasteiger partial charge in [-0.3, -0.25) is 14.7 Å². The predicted octanol–water partition coefficient (Wildman–Crippen LogP) is 2.06. The Balaban J connectivity index is 1.48. The number of imidazole rings is 1. The van der Waals surface area contributed by atoms with E-state index in [1.807, 2.05) is 6.92 Å². The van der Waals surface area contributed by atoms with Gasteiger partial charge in [-0.1, -0.05) is 6.07 Å². The fraction of sp³-hybridized carbons (Fsp3) is 0.500. The van der Waals surface area contributed by atoms with E-state index < -0.39 is 5.54 Å². The highest BCUT2D eigenvalue weighted by Crippen LogP contribution is 2.30. The van der Waals surface area contributed by atoms with Crippen LogP contribution in [0.1, 0.15) is 36.7 Å². The van der Waals surface area contributed by atoms with Crippen LogP contribution in [0.5, 0.6) is 0 Å². The number of H-pyrrole nitrogens is 1. The van der Waals surface area contributed by atoms with Crippen molar-refractivity contribution in [1.82, 2.24) is 20.2 Å². The molecular weight excluding hydrogens is 302 g/mol. The van der Waals surface area contributed by atoms with Crippen molar-refractivity contribution in [2.45, 2.75) is 45.7 Å². The average Bonchev–Trinajstić information content (AvgIpc) is 3.07. The summed E-state index contributed by atoms with van der Waals surface area (Å²) in [4.78, 5) is 27.3. The highest BCUT2D eigenvalue weighted by Gasteiger charge is 2.44. The van der Waals surface area contributed by atoms with Crippen molar-refractivity contribution in [2.24, 2.45) is 4.99 Å². The first-order chi connectivity index (χ1) is 11.5. The molecule has 0 atom stereocenters. The van der Waals surface area contributed by atoms with E-state index in [2.05, 4.69) is 46.2 Å². The van der Waals surface area contributed by atoms with E-state index in [0.29, 0.717) is 0 Å². The van der Waals surface area contributed by atoms with Gasteiger partial charge in [0.2, 0.25) is 0 Å². The highest BCUT2D eigenvalue weighted by molar-refractivity contribution is 6.07. The molecule has 2 aliphatic rings. The third kappa shape index (κ3) is 2.41. The first kappa shape index (κ1) is 15.3. The van der Waals surface area contributed by atoms with Crippen molar-refractivity contribution in [3.63, 3.8) is 0 Å². The van der Waals surface area contributed by atoms with Crippen LogP contribution in [0.15, 0.2) is 17.1 Å². The number of hydrogen-bond donors (Lipinski definition) is 2. The molecule has 6 nitrogen and oxygen atoms in total. The smallest absolute Gasteiger partial charge is 0.253 e. The van der Waals surface area contributed by atoms with Crippen molar-refractivity contribution < 1.29 is 4.79 Å². The van der Waals surface area contributed by atoms with E-state index in [4.69, 9.17) is 4.98 Å². The van der Waals surface area contributed by atoms with E-state index in [0.717, 1.165) is 55.2 Å². The lowest BCUT2D eigenvalue weighted by Crippen LogP contribution is -2.48. The van der Waals surface area contributed by atoms with Crippen LogP contribution in [0, 0.1) is 13.8 Å². The van der Waals surface area contributed by atoms with Crippen LogP contribution in [-0.4, -0.2) is 45.2 Å². The zero-order valence-electron chi connectivity index (χ0n) is 14.4. The number of aromatic amines is 1. The molecule has 1 spiro atoms. The second-order valence-electron chi connectivity index (χ2n) is 7.05. The SMILES string of the molecule is CC1=NC2(CCN(Cc3nc4c(C)c(C)ccc4[nH]3)CC2)C(=O)N1. The van der Waals surface area contributed by atoms with Gasteiger partial charge in [0.05, 0.1) is 17.6 Å². The number of carbonyl (C=O) groups is 1. The minimum absolute atomic E-state index is 0.0643. The average molecular weight is 325 g/mol. The Bertz CT molecular complexity index is 842. The molecule has 0 radical (unpaired) electrons. The number of aromatic nitrogens is 2. The molecular formula is C18H23N5O. The number of likely N-dealkylation sites (tertiary alicyclic amines) is 1. The van der Waals surface area contributed by atoms with Crippen LogP contribution in [0.25, 0.3) is 11.0 Å². The molecule has 2 aromatic rings. The summed E-state index contributed by atoms with van der Waals surface area (Å²) in [5, 5.41) is 2.85. The number of aliphatic imine (C=N–C) groups is 1. The van der Waals surface area contributed by atoms with Gasteiger partial charge in [0, 0.05) is 13.1 Å². The van der Waals surface area contributed by atoms with Crippen LogP contribution in [-0.2, 0) is 11.3 Å². The van der Waals surface area contributed by atoms with E-state index >= 15 is 0 Å². The second kappa shape index (κ2) is 5.41. The summed E-state index contributed by atoms with van der Waals surface area (Å²) in [6, 6.07) is 4.23. The number of hydrogen-bond acceptors (Lipinski definition) is 4. The molecule has 0 saturated carbocycles. The Labute approximate surface area is 141 Å². The van der Waals surface area contributed by atoms with Crippen molar-refractivity contribution in [3.8, 4) is 0 Å². The van der Waals surface area contributed by atoms with Gasteiger partial charge in [-0.25, -0.2) is 4.98 Å². The first-order valence-electron chi connectivity index (χ1n) is 8.52. The minimum atomic E-state index is -0.526. The Hall–Kier alpha value is -2.21. The lowest BCUT2D eigenvalue weighted by atomic mass is 9.88. The van der Waals surface area contributed by atoms with Gasteiger partial charge in [-0.05, 0) is 50.8 Å². The Morgan fingerprint density at radius 2 is 1.96 bits per heavy atom. The van der Waals surface area contributed by atoms with Crippen molar-refractivity contribution in [1.29, 1.82) is 0 Å². The lowest BCUT2D eigenvalue weighted by molar-refractivity contribution is -0.125. The molecule has 2 N–H and O–H groups in total. The summed E-state index contributed by atoms with van der Waals surface area (Å²) >= 11 is 0. The zero-order valence-corrected chi connectivity index (χ0v) is 14.4. The molecule has 1 aromatic heterocycles. The minimum Gasteiger partial charge on any atom is -0.341 e. The maximum absolute atomic E-state index is 12.2. The number of carbonyl (C=O) groups excluding carboxylic acids is 1. The summed E-state index contributed by atoms with van der Waals surface area (Å²) in [5.41, 5.74) is 4.13.